The van der Waals surface area contributed by atoms with Crippen molar-refractivity contribution in [2.75, 3.05) is 12.8 Å². The van der Waals surface area contributed by atoms with Gasteiger partial charge in [0, 0.05) is 11.8 Å². The van der Waals surface area contributed by atoms with Crippen LogP contribution in [0.2, 0.25) is 0 Å². The number of carbonyl (C=O) groups excluding carboxylic acids is 2. The first kappa shape index (κ1) is 11.8. The number of anilines is 1. The van der Waals surface area contributed by atoms with Gasteiger partial charge in [0.25, 0.3) is 0 Å². The zero-order valence-electron chi connectivity index (χ0n) is 8.77. The van der Waals surface area contributed by atoms with Crippen LogP contribution in [0.15, 0.2) is 24.3 Å². The van der Waals surface area contributed by atoms with E-state index in [0.717, 1.165) is 0 Å². The highest BCUT2D eigenvalue weighted by atomic mass is 16.5. The van der Waals surface area contributed by atoms with Gasteiger partial charge in [-0.3, -0.25) is 4.79 Å². The maximum absolute atomic E-state index is 11.3. The Morgan fingerprint density at radius 2 is 2.06 bits per heavy atom. The fraction of sp³-hybridized carbons (Fsp3) is 0.0909. The molecule has 0 radical (unpaired) electrons. The van der Waals surface area contributed by atoms with Crippen LogP contribution in [0.4, 0.5) is 5.69 Å². The van der Waals surface area contributed by atoms with Crippen LogP contribution in [0.5, 0.6) is 0 Å². The van der Waals surface area contributed by atoms with Gasteiger partial charge in [-0.15, -0.1) is 0 Å². The number of nitrogens with two attached hydrogens (primary N) is 2. The quantitative estimate of drug-likeness (QED) is 0.442. The monoisotopic (exact) mass is 220 g/mol. The number of benzene rings is 1. The van der Waals surface area contributed by atoms with Crippen LogP contribution in [0, 0.1) is 0 Å². The van der Waals surface area contributed by atoms with E-state index >= 15 is 0 Å². The van der Waals surface area contributed by atoms with Crippen molar-refractivity contribution in [2.24, 2.45) is 5.73 Å². The van der Waals surface area contributed by atoms with Crippen molar-refractivity contribution in [2.45, 2.75) is 0 Å². The van der Waals surface area contributed by atoms with E-state index in [-0.39, 0.29) is 5.56 Å². The third kappa shape index (κ3) is 2.84. The van der Waals surface area contributed by atoms with Gasteiger partial charge in [-0.05, 0) is 23.8 Å². The third-order valence-corrected chi connectivity index (χ3v) is 1.92. The van der Waals surface area contributed by atoms with Gasteiger partial charge in [0.2, 0.25) is 5.91 Å². The summed E-state index contributed by atoms with van der Waals surface area (Å²) in [6, 6.07) is 4.76. The maximum Gasteiger partial charge on any atom is 0.339 e. The van der Waals surface area contributed by atoms with Crippen molar-refractivity contribution in [3.05, 3.63) is 35.4 Å². The number of ether oxygens (including phenoxy) is 1. The second kappa shape index (κ2) is 4.97. The molecular formula is C11H12N2O3. The fourth-order valence-electron chi connectivity index (χ4n) is 1.14. The molecule has 0 unspecified atom stereocenters. The van der Waals surface area contributed by atoms with E-state index in [1.165, 1.54) is 25.3 Å². The largest absolute Gasteiger partial charge is 0.465 e. The lowest BCUT2D eigenvalue weighted by molar-refractivity contribution is -0.113. The molecule has 5 nitrogen and oxygen atoms in total. The minimum absolute atomic E-state index is 0.258. The second-order valence-electron chi connectivity index (χ2n) is 3.07. The molecule has 0 bridgehead atoms. The predicted octanol–water partition coefficient (Wildman–Crippen LogP) is 0.554. The summed E-state index contributed by atoms with van der Waals surface area (Å²) in [5.41, 5.74) is 11.8. The second-order valence-corrected chi connectivity index (χ2v) is 3.07. The zero-order chi connectivity index (χ0) is 12.1. The third-order valence-electron chi connectivity index (χ3n) is 1.92. The lowest BCUT2D eigenvalue weighted by Gasteiger charge is -2.04. The van der Waals surface area contributed by atoms with Gasteiger partial charge in [-0.2, -0.15) is 0 Å². The van der Waals surface area contributed by atoms with Crippen LogP contribution in [0.1, 0.15) is 15.9 Å². The number of hydrogen-bond donors (Lipinski definition) is 2. The molecule has 0 saturated carbocycles. The average Bonchev–Trinajstić information content (AvgIpc) is 2.27. The van der Waals surface area contributed by atoms with Gasteiger partial charge in [-0.1, -0.05) is 6.07 Å². The van der Waals surface area contributed by atoms with Crippen LogP contribution in [-0.4, -0.2) is 19.0 Å². The van der Waals surface area contributed by atoms with E-state index in [9.17, 15) is 9.59 Å². The molecule has 0 aliphatic rings. The van der Waals surface area contributed by atoms with Crippen molar-refractivity contribution >= 4 is 23.6 Å². The minimum atomic E-state index is -0.559. The molecule has 0 spiro atoms. The highest BCUT2D eigenvalue weighted by Crippen LogP contribution is 2.16. The molecule has 16 heavy (non-hydrogen) atoms. The molecule has 0 fully saturated rings. The smallest absolute Gasteiger partial charge is 0.339 e. The summed E-state index contributed by atoms with van der Waals surface area (Å²) in [5.74, 6) is -1.08. The number of nitrogen functional groups attached to an aromatic ring is 1. The minimum Gasteiger partial charge on any atom is -0.465 e. The van der Waals surface area contributed by atoms with Gasteiger partial charge in [-0.25, -0.2) is 4.79 Å². The van der Waals surface area contributed by atoms with E-state index < -0.39 is 11.9 Å². The Hall–Kier alpha value is -2.30. The highest BCUT2D eigenvalue weighted by molar-refractivity contribution is 5.96. The van der Waals surface area contributed by atoms with Gasteiger partial charge in [0.1, 0.15) is 0 Å². The molecule has 84 valence electrons. The molecular weight excluding hydrogens is 208 g/mol. The summed E-state index contributed by atoms with van der Waals surface area (Å²) in [4.78, 5) is 21.8. The first-order chi connectivity index (χ1) is 7.54. The molecule has 0 atom stereocenters. The van der Waals surface area contributed by atoms with Crippen molar-refractivity contribution in [1.82, 2.24) is 0 Å². The summed E-state index contributed by atoms with van der Waals surface area (Å²) >= 11 is 0. The molecule has 4 N–H and O–H groups in total. The molecule has 0 aliphatic heterocycles. The number of rotatable bonds is 3. The SMILES string of the molecule is COC(=O)c1cc(C=CC(N)=O)ccc1N. The van der Waals surface area contributed by atoms with Gasteiger partial charge >= 0.3 is 5.97 Å². The lowest BCUT2D eigenvalue weighted by atomic mass is 10.1. The standard InChI is InChI=1S/C11H12N2O3/c1-16-11(15)8-6-7(2-4-9(8)12)3-5-10(13)14/h2-6H,12H2,1H3,(H2,13,14). The molecule has 0 aliphatic carbocycles. The molecule has 0 heterocycles. The number of carbonyl (C=O) groups is 2. The average molecular weight is 220 g/mol. The predicted molar refractivity (Wildman–Crippen MR) is 60.4 cm³/mol. The Bertz CT molecular complexity index is 453. The summed E-state index contributed by atoms with van der Waals surface area (Å²) < 4.78 is 4.56. The van der Waals surface area contributed by atoms with E-state index in [4.69, 9.17) is 11.5 Å². The number of methoxy groups -OCH3 is 1. The Labute approximate surface area is 92.7 Å². The first-order valence-electron chi connectivity index (χ1n) is 4.50. The summed E-state index contributed by atoms with van der Waals surface area (Å²) in [7, 11) is 1.27. The van der Waals surface area contributed by atoms with E-state index in [1.807, 2.05) is 0 Å². The molecule has 1 amide bonds. The number of primary amides is 1. The molecule has 1 aromatic carbocycles. The summed E-state index contributed by atoms with van der Waals surface area (Å²) in [6.45, 7) is 0. The topological polar surface area (TPSA) is 95.4 Å². The van der Waals surface area contributed by atoms with Gasteiger partial charge in [0.15, 0.2) is 0 Å². The van der Waals surface area contributed by atoms with Crippen LogP contribution in [0.25, 0.3) is 6.08 Å². The van der Waals surface area contributed by atoms with E-state index in [2.05, 4.69) is 4.74 Å². The highest BCUT2D eigenvalue weighted by Gasteiger charge is 2.09. The zero-order valence-corrected chi connectivity index (χ0v) is 8.77. The first-order valence-corrected chi connectivity index (χ1v) is 4.50. The van der Waals surface area contributed by atoms with Crippen LogP contribution in [0.3, 0.4) is 0 Å². The van der Waals surface area contributed by atoms with Crippen molar-refractivity contribution in [3.8, 4) is 0 Å². The van der Waals surface area contributed by atoms with E-state index in [1.54, 1.807) is 12.1 Å². The lowest BCUT2D eigenvalue weighted by Crippen LogP contribution is -2.06. The number of amides is 1. The summed E-state index contributed by atoms with van der Waals surface area (Å²) in [5, 5.41) is 0. The summed E-state index contributed by atoms with van der Waals surface area (Å²) in [6.07, 6.45) is 2.70. The van der Waals surface area contributed by atoms with E-state index in [0.29, 0.717) is 11.3 Å². The molecule has 0 saturated heterocycles. The molecule has 5 heteroatoms. The number of hydrogen-bond acceptors (Lipinski definition) is 4. The van der Waals surface area contributed by atoms with Crippen molar-refractivity contribution < 1.29 is 14.3 Å². The normalized spacial score (nSPS) is 10.3. The molecule has 1 rings (SSSR count). The Morgan fingerprint density at radius 3 is 2.62 bits per heavy atom. The Balaban J connectivity index is 3.07. The van der Waals surface area contributed by atoms with Crippen molar-refractivity contribution in [1.29, 1.82) is 0 Å². The number of esters is 1. The molecule has 0 aromatic heterocycles. The fourth-order valence-corrected chi connectivity index (χ4v) is 1.14. The maximum atomic E-state index is 11.3. The van der Waals surface area contributed by atoms with Gasteiger partial charge in [0.05, 0.1) is 12.7 Å². The van der Waals surface area contributed by atoms with Crippen LogP contribution >= 0.6 is 0 Å². The Morgan fingerprint density at radius 1 is 1.38 bits per heavy atom. The van der Waals surface area contributed by atoms with Crippen LogP contribution in [-0.2, 0) is 9.53 Å². The van der Waals surface area contributed by atoms with Gasteiger partial charge < -0.3 is 16.2 Å². The Kier molecular flexibility index (Phi) is 3.66. The molecule has 1 aromatic rings. The van der Waals surface area contributed by atoms with Crippen LogP contribution < -0.4 is 11.5 Å². The van der Waals surface area contributed by atoms with Crippen molar-refractivity contribution in [3.63, 3.8) is 0 Å².